The van der Waals surface area contributed by atoms with Gasteiger partial charge in [-0.3, -0.25) is 4.68 Å². The second kappa shape index (κ2) is 14.3. The van der Waals surface area contributed by atoms with Gasteiger partial charge in [-0.05, 0) is 92.1 Å². The number of hydrogen-bond acceptors (Lipinski definition) is 3. The summed E-state index contributed by atoms with van der Waals surface area (Å²) < 4.78 is 10.9. The third-order valence-electron chi connectivity index (χ3n) is 10.5. The van der Waals surface area contributed by atoms with Crippen molar-refractivity contribution in [1.29, 1.82) is 0 Å². The molecule has 0 aliphatic heterocycles. The number of allylic oxidation sites excluding steroid dienone is 2. The average molecular weight is 844 g/mol. The van der Waals surface area contributed by atoms with Crippen LogP contribution < -0.4 is 4.74 Å². The molecule has 0 amide bonds. The van der Waals surface area contributed by atoms with E-state index in [-0.39, 0.29) is 21.1 Å². The first kappa shape index (κ1) is 35.9. The molecule has 1 aliphatic rings. The van der Waals surface area contributed by atoms with Crippen LogP contribution in [0.2, 0.25) is 0 Å². The molecule has 6 aromatic rings. The van der Waals surface area contributed by atoms with Crippen molar-refractivity contribution in [3.05, 3.63) is 119 Å². The summed E-state index contributed by atoms with van der Waals surface area (Å²) >= 11 is 0. The van der Waals surface area contributed by atoms with E-state index in [2.05, 4.69) is 138 Å². The summed E-state index contributed by atoms with van der Waals surface area (Å²) in [7, 11) is 0. The van der Waals surface area contributed by atoms with Crippen molar-refractivity contribution < 1.29 is 25.8 Å². The Labute approximate surface area is 312 Å². The minimum absolute atomic E-state index is 0. The number of para-hydroxylation sites is 1. The van der Waals surface area contributed by atoms with Gasteiger partial charge in [-0.15, -0.1) is 41.3 Å². The predicted octanol–water partition coefficient (Wildman–Crippen LogP) is 11.5. The van der Waals surface area contributed by atoms with Crippen LogP contribution in [0.25, 0.3) is 33.3 Å². The molecular formula is C44H48N4OPt. The molecule has 0 N–H and O–H groups in total. The molecule has 1 unspecified atom stereocenters. The van der Waals surface area contributed by atoms with Crippen LogP contribution in [-0.2, 0) is 21.1 Å². The molecule has 1 aliphatic carbocycles. The summed E-state index contributed by atoms with van der Waals surface area (Å²) in [6.45, 7) is 20.4. The van der Waals surface area contributed by atoms with Gasteiger partial charge in [0, 0.05) is 40.4 Å². The summed E-state index contributed by atoms with van der Waals surface area (Å²) in [5.74, 6) is 4.52. The topological polar surface area (TPSA) is 44.9 Å². The summed E-state index contributed by atoms with van der Waals surface area (Å²) in [5.41, 5.74) is 10.5. The molecule has 0 saturated heterocycles. The number of aromatic nitrogens is 4. The van der Waals surface area contributed by atoms with Gasteiger partial charge >= 0.3 is 21.1 Å². The molecule has 0 radical (unpaired) electrons. The Morgan fingerprint density at radius 3 is 2.34 bits per heavy atom. The van der Waals surface area contributed by atoms with Crippen LogP contribution in [0.1, 0.15) is 94.3 Å². The van der Waals surface area contributed by atoms with E-state index in [9.17, 15) is 0 Å². The van der Waals surface area contributed by atoms with Gasteiger partial charge in [-0.2, -0.15) is 11.2 Å². The number of aryl methyl sites for hydroxylation is 2. The molecule has 50 heavy (non-hydrogen) atoms. The number of hydrogen-bond donors (Lipinski definition) is 0. The van der Waals surface area contributed by atoms with Gasteiger partial charge in [-0.1, -0.05) is 76.9 Å². The zero-order valence-electron chi connectivity index (χ0n) is 30.7. The van der Waals surface area contributed by atoms with E-state index in [0.717, 1.165) is 51.0 Å². The molecule has 2 atom stereocenters. The number of fused-ring (bicyclic) bond motifs is 3. The molecule has 260 valence electrons. The van der Waals surface area contributed by atoms with Crippen molar-refractivity contribution in [3.63, 3.8) is 0 Å². The van der Waals surface area contributed by atoms with E-state index in [0.29, 0.717) is 41.1 Å². The minimum Gasteiger partial charge on any atom is -0.509 e. The minimum atomic E-state index is 0. The van der Waals surface area contributed by atoms with E-state index >= 15 is 0 Å². The predicted molar refractivity (Wildman–Crippen MR) is 201 cm³/mol. The molecule has 3 aromatic heterocycles. The van der Waals surface area contributed by atoms with Crippen molar-refractivity contribution in [2.45, 2.75) is 87.0 Å². The Hall–Kier alpha value is -3.95. The fraction of sp³-hybridized carbons (Fsp3) is 0.364. The second-order valence-corrected chi connectivity index (χ2v) is 14.9. The van der Waals surface area contributed by atoms with Crippen molar-refractivity contribution in [3.8, 4) is 23.0 Å². The molecule has 7 rings (SSSR count). The molecular weight excluding hydrogens is 796 g/mol. The normalized spacial score (nSPS) is 16.4. The van der Waals surface area contributed by atoms with Crippen LogP contribution >= 0.6 is 0 Å². The number of ether oxygens (including phenoxy) is 1. The number of nitrogens with zero attached hydrogens (tertiary/aromatic N) is 4. The summed E-state index contributed by atoms with van der Waals surface area (Å²) in [5, 5.41) is 7.46. The first-order valence-corrected chi connectivity index (χ1v) is 17.9. The van der Waals surface area contributed by atoms with Gasteiger partial charge in [-0.25, -0.2) is 4.98 Å². The van der Waals surface area contributed by atoms with E-state index in [1.807, 2.05) is 18.3 Å². The van der Waals surface area contributed by atoms with Crippen LogP contribution in [-0.4, -0.2) is 19.3 Å². The van der Waals surface area contributed by atoms with Crippen molar-refractivity contribution in [1.82, 2.24) is 19.3 Å². The summed E-state index contributed by atoms with van der Waals surface area (Å²) in [4.78, 5) is 4.73. The standard InChI is InChI=1S/C44H48N4O.Pt/c1-26(2)32-22-33(48-31(9)43(30(8)46-48)44-36(27(3)4)14-12-15-37(44)28(5)6)24-35(23-32)49-34-17-18-39-38-13-10-11-16-40(38)47(41(39)25-34)42-21-29(7)19-20-45-42;/h10-11,13-14,16-23,26-28,37,44H,12,15H2,1-9H3;/q-2;+2/t37-,44?;/m1./s1. The smallest absolute Gasteiger partial charge is 0.509 e. The maximum Gasteiger partial charge on any atom is 2.00 e. The van der Waals surface area contributed by atoms with Crippen LogP contribution in [0.4, 0.5) is 0 Å². The average Bonchev–Trinajstić information content (AvgIpc) is 3.56. The van der Waals surface area contributed by atoms with Gasteiger partial charge in [0.1, 0.15) is 5.82 Å². The molecule has 0 bridgehead atoms. The van der Waals surface area contributed by atoms with Crippen molar-refractivity contribution in [2.75, 3.05) is 0 Å². The molecule has 3 aromatic carbocycles. The molecule has 5 nitrogen and oxygen atoms in total. The second-order valence-electron chi connectivity index (χ2n) is 14.9. The van der Waals surface area contributed by atoms with Crippen molar-refractivity contribution >= 4 is 21.8 Å². The number of benzene rings is 3. The first-order valence-electron chi connectivity index (χ1n) is 17.9. The zero-order valence-corrected chi connectivity index (χ0v) is 33.0. The number of pyridine rings is 1. The Kier molecular flexibility index (Phi) is 10.3. The summed E-state index contributed by atoms with van der Waals surface area (Å²) in [6.07, 6.45) is 6.75. The first-order chi connectivity index (χ1) is 23.5. The molecule has 0 fully saturated rings. The van der Waals surface area contributed by atoms with E-state index in [1.165, 1.54) is 23.2 Å². The van der Waals surface area contributed by atoms with Gasteiger partial charge in [0.25, 0.3) is 0 Å². The molecule has 0 saturated carbocycles. The van der Waals surface area contributed by atoms with Gasteiger partial charge < -0.3 is 9.30 Å². The quantitative estimate of drug-likeness (QED) is 0.113. The van der Waals surface area contributed by atoms with Gasteiger partial charge in [0.05, 0.1) is 5.69 Å². The monoisotopic (exact) mass is 843 g/mol. The maximum atomic E-state index is 6.65. The third-order valence-corrected chi connectivity index (χ3v) is 10.5. The molecule has 6 heteroatoms. The summed E-state index contributed by atoms with van der Waals surface area (Å²) in [6, 6.07) is 28.3. The number of rotatable bonds is 8. The van der Waals surface area contributed by atoms with Crippen LogP contribution in [0.5, 0.6) is 11.5 Å². The Balaban J connectivity index is 0.00000432. The SMILES string of the molecule is Cc1ccnc(-n2c3[c-]c(Oc4[c-]c(-n5nc(C)c(C6C(C(C)C)=CCC[C@@H]6C(C)C)c5C)cc(C(C)C)c4)ccc3c3ccccc32)c1.[Pt+2]. The van der Waals surface area contributed by atoms with Crippen molar-refractivity contribution in [2.24, 2.45) is 17.8 Å². The Bertz CT molecular complexity index is 2200. The van der Waals surface area contributed by atoms with E-state index in [4.69, 9.17) is 14.8 Å². The van der Waals surface area contributed by atoms with E-state index in [1.54, 1.807) is 5.57 Å². The fourth-order valence-electron chi connectivity index (χ4n) is 8.00. The van der Waals surface area contributed by atoms with Gasteiger partial charge in [0.15, 0.2) is 0 Å². The van der Waals surface area contributed by atoms with Crippen LogP contribution in [0.3, 0.4) is 0 Å². The van der Waals surface area contributed by atoms with Crippen LogP contribution in [0.15, 0.2) is 78.5 Å². The largest absolute Gasteiger partial charge is 2.00 e. The maximum absolute atomic E-state index is 6.65. The Morgan fingerprint density at radius 2 is 1.62 bits per heavy atom. The molecule has 3 heterocycles. The zero-order chi connectivity index (χ0) is 34.6. The van der Waals surface area contributed by atoms with Crippen LogP contribution in [0, 0.1) is 50.7 Å². The van der Waals surface area contributed by atoms with Gasteiger partial charge in [0.2, 0.25) is 0 Å². The van der Waals surface area contributed by atoms with E-state index < -0.39 is 0 Å². The third kappa shape index (κ3) is 6.50. The Morgan fingerprint density at radius 1 is 0.840 bits per heavy atom. The fourth-order valence-corrected chi connectivity index (χ4v) is 8.00. The molecule has 0 spiro atoms.